The van der Waals surface area contributed by atoms with Gasteiger partial charge in [-0.05, 0) is 12.1 Å². The molecule has 0 saturated heterocycles. The summed E-state index contributed by atoms with van der Waals surface area (Å²) in [6.07, 6.45) is 1.75. The van der Waals surface area contributed by atoms with Crippen LogP contribution in [0, 0.1) is 0 Å². The van der Waals surface area contributed by atoms with Crippen LogP contribution in [-0.2, 0) is 0 Å². The number of hydrogen-bond acceptors (Lipinski definition) is 4. The van der Waals surface area contributed by atoms with Crippen LogP contribution in [0.4, 0.5) is 5.69 Å². The topological polar surface area (TPSA) is 61.3 Å². The molecule has 0 fully saturated rings. The fourth-order valence-corrected chi connectivity index (χ4v) is 1.56. The van der Waals surface area contributed by atoms with E-state index in [0.717, 1.165) is 11.3 Å². The Balaban J connectivity index is 2.44. The third kappa shape index (κ3) is 2.25. The first kappa shape index (κ1) is 11.5. The van der Waals surface area contributed by atoms with Gasteiger partial charge in [0, 0.05) is 17.7 Å². The molecule has 0 radical (unpaired) electrons. The number of anilines is 1. The second-order valence-electron chi connectivity index (χ2n) is 4.18. The van der Waals surface area contributed by atoms with Gasteiger partial charge >= 0.3 is 0 Å². The number of benzene rings is 1. The molecular formula is C13H16N2O2. The summed E-state index contributed by atoms with van der Waals surface area (Å²) in [7, 11) is 1.60. The Hall–Kier alpha value is -1.97. The molecule has 0 amide bonds. The lowest BCUT2D eigenvalue weighted by Crippen LogP contribution is -1.91. The molecule has 90 valence electrons. The highest BCUT2D eigenvalue weighted by Gasteiger charge is 2.13. The summed E-state index contributed by atoms with van der Waals surface area (Å²) in [5.74, 6) is 2.41. The summed E-state index contributed by atoms with van der Waals surface area (Å²) in [5, 5.41) is 0. The maximum Gasteiger partial charge on any atom is 0.230 e. The Kier molecular flexibility index (Phi) is 3.04. The van der Waals surface area contributed by atoms with E-state index in [1.54, 1.807) is 25.4 Å². The number of nitrogen functional groups attached to an aromatic ring is 1. The molecule has 0 atom stereocenters. The van der Waals surface area contributed by atoms with Crippen LogP contribution in [0.5, 0.6) is 5.75 Å². The molecule has 2 N–H and O–H groups in total. The minimum atomic E-state index is 0.316. The quantitative estimate of drug-likeness (QED) is 0.826. The highest BCUT2D eigenvalue weighted by Crippen LogP contribution is 2.32. The van der Waals surface area contributed by atoms with Crippen molar-refractivity contribution in [1.29, 1.82) is 0 Å². The summed E-state index contributed by atoms with van der Waals surface area (Å²) in [5.41, 5.74) is 7.17. The predicted octanol–water partition coefficient (Wildman–Crippen LogP) is 3.06. The summed E-state index contributed by atoms with van der Waals surface area (Å²) in [4.78, 5) is 4.26. The maximum absolute atomic E-state index is 5.70. The van der Waals surface area contributed by atoms with Crippen LogP contribution in [0.2, 0.25) is 0 Å². The normalized spacial score (nSPS) is 10.8. The van der Waals surface area contributed by atoms with Crippen molar-refractivity contribution in [2.24, 2.45) is 0 Å². The molecule has 4 nitrogen and oxygen atoms in total. The number of nitrogens with two attached hydrogens (primary N) is 1. The van der Waals surface area contributed by atoms with Crippen LogP contribution in [-0.4, -0.2) is 12.1 Å². The van der Waals surface area contributed by atoms with E-state index < -0.39 is 0 Å². The minimum Gasteiger partial charge on any atom is -0.496 e. The monoisotopic (exact) mass is 232 g/mol. The molecular weight excluding hydrogens is 216 g/mol. The van der Waals surface area contributed by atoms with Crippen LogP contribution in [0.3, 0.4) is 0 Å². The van der Waals surface area contributed by atoms with Crippen molar-refractivity contribution in [3.05, 3.63) is 30.2 Å². The highest BCUT2D eigenvalue weighted by atomic mass is 16.5. The van der Waals surface area contributed by atoms with Crippen molar-refractivity contribution >= 4 is 5.69 Å². The lowest BCUT2D eigenvalue weighted by Gasteiger charge is -2.06. The Morgan fingerprint density at radius 3 is 2.71 bits per heavy atom. The molecule has 4 heteroatoms. The molecule has 2 rings (SSSR count). The van der Waals surface area contributed by atoms with Crippen molar-refractivity contribution in [2.45, 2.75) is 19.8 Å². The maximum atomic E-state index is 5.70. The average molecular weight is 232 g/mol. The lowest BCUT2D eigenvalue weighted by molar-refractivity contribution is 0.413. The van der Waals surface area contributed by atoms with E-state index in [9.17, 15) is 0 Å². The van der Waals surface area contributed by atoms with Gasteiger partial charge in [-0.1, -0.05) is 13.8 Å². The Morgan fingerprint density at radius 2 is 2.12 bits per heavy atom. The lowest BCUT2D eigenvalue weighted by atomic mass is 10.2. The molecule has 0 aliphatic rings. The van der Waals surface area contributed by atoms with Crippen molar-refractivity contribution in [3.8, 4) is 17.2 Å². The van der Waals surface area contributed by atoms with Gasteiger partial charge in [-0.15, -0.1) is 0 Å². The number of ether oxygens (including phenoxy) is 1. The van der Waals surface area contributed by atoms with Gasteiger partial charge in [0.05, 0.1) is 18.9 Å². The van der Waals surface area contributed by atoms with Gasteiger partial charge in [0.25, 0.3) is 0 Å². The van der Waals surface area contributed by atoms with Gasteiger partial charge in [0.1, 0.15) is 11.5 Å². The summed E-state index contributed by atoms with van der Waals surface area (Å²) >= 11 is 0. The van der Waals surface area contributed by atoms with Gasteiger partial charge in [0.15, 0.2) is 0 Å². The van der Waals surface area contributed by atoms with Crippen molar-refractivity contribution < 1.29 is 9.15 Å². The highest BCUT2D eigenvalue weighted by molar-refractivity contribution is 5.66. The average Bonchev–Trinajstić information content (AvgIpc) is 2.78. The van der Waals surface area contributed by atoms with Crippen molar-refractivity contribution in [1.82, 2.24) is 4.98 Å². The summed E-state index contributed by atoms with van der Waals surface area (Å²) < 4.78 is 11.0. The number of oxazole rings is 1. The van der Waals surface area contributed by atoms with E-state index >= 15 is 0 Å². The fourth-order valence-electron chi connectivity index (χ4n) is 1.56. The van der Waals surface area contributed by atoms with Crippen LogP contribution in [0.15, 0.2) is 28.8 Å². The number of aromatic nitrogens is 1. The Bertz CT molecular complexity index is 518. The zero-order valence-electron chi connectivity index (χ0n) is 10.2. The SMILES string of the molecule is COc1cc(N)ccc1-c1ncc(C(C)C)o1. The van der Waals surface area contributed by atoms with Gasteiger partial charge in [-0.2, -0.15) is 0 Å². The Labute approximate surface area is 100 Å². The van der Waals surface area contributed by atoms with Gasteiger partial charge in [0.2, 0.25) is 5.89 Å². The van der Waals surface area contributed by atoms with E-state index in [4.69, 9.17) is 14.9 Å². The second kappa shape index (κ2) is 4.49. The predicted molar refractivity (Wildman–Crippen MR) is 67.0 cm³/mol. The van der Waals surface area contributed by atoms with Crippen LogP contribution in [0.25, 0.3) is 11.5 Å². The molecule has 0 saturated carbocycles. The minimum absolute atomic E-state index is 0.316. The standard InChI is InChI=1S/C13H16N2O2/c1-8(2)12-7-15-13(17-12)10-5-4-9(14)6-11(10)16-3/h4-8H,14H2,1-3H3. The van der Waals surface area contributed by atoms with E-state index in [-0.39, 0.29) is 0 Å². The van der Waals surface area contributed by atoms with E-state index in [1.807, 2.05) is 6.07 Å². The zero-order valence-corrected chi connectivity index (χ0v) is 10.2. The van der Waals surface area contributed by atoms with Crippen LogP contribution < -0.4 is 10.5 Å². The van der Waals surface area contributed by atoms with Gasteiger partial charge in [-0.25, -0.2) is 4.98 Å². The van der Waals surface area contributed by atoms with Crippen LogP contribution >= 0.6 is 0 Å². The largest absolute Gasteiger partial charge is 0.496 e. The van der Waals surface area contributed by atoms with E-state index in [1.165, 1.54) is 0 Å². The van der Waals surface area contributed by atoms with Crippen molar-refractivity contribution in [2.75, 3.05) is 12.8 Å². The summed E-state index contributed by atoms with van der Waals surface area (Å²) in [6.45, 7) is 4.12. The molecule has 0 unspecified atom stereocenters. The number of nitrogens with zero attached hydrogens (tertiary/aromatic N) is 1. The van der Waals surface area contributed by atoms with E-state index in [0.29, 0.717) is 23.2 Å². The molecule has 1 aromatic carbocycles. The third-order valence-corrected chi connectivity index (χ3v) is 2.55. The Morgan fingerprint density at radius 1 is 1.35 bits per heavy atom. The number of hydrogen-bond donors (Lipinski definition) is 1. The second-order valence-corrected chi connectivity index (χ2v) is 4.18. The first-order valence-corrected chi connectivity index (χ1v) is 5.51. The van der Waals surface area contributed by atoms with Gasteiger partial charge < -0.3 is 14.9 Å². The first-order chi connectivity index (χ1) is 8.11. The van der Waals surface area contributed by atoms with Gasteiger partial charge in [-0.3, -0.25) is 0 Å². The molecule has 1 aromatic heterocycles. The molecule has 17 heavy (non-hydrogen) atoms. The molecule has 0 aliphatic carbocycles. The summed E-state index contributed by atoms with van der Waals surface area (Å²) in [6, 6.07) is 5.41. The van der Waals surface area contributed by atoms with Crippen LogP contribution in [0.1, 0.15) is 25.5 Å². The van der Waals surface area contributed by atoms with Crippen molar-refractivity contribution in [3.63, 3.8) is 0 Å². The molecule has 2 aromatic rings. The zero-order chi connectivity index (χ0) is 12.4. The fraction of sp³-hybridized carbons (Fsp3) is 0.308. The smallest absolute Gasteiger partial charge is 0.230 e. The molecule has 0 bridgehead atoms. The molecule has 0 spiro atoms. The third-order valence-electron chi connectivity index (χ3n) is 2.55. The number of methoxy groups -OCH3 is 1. The van der Waals surface area contributed by atoms with E-state index in [2.05, 4.69) is 18.8 Å². The molecule has 0 aliphatic heterocycles. The first-order valence-electron chi connectivity index (χ1n) is 5.51. The molecule has 1 heterocycles. The number of rotatable bonds is 3.